The van der Waals surface area contributed by atoms with Crippen molar-refractivity contribution in [2.45, 2.75) is 52.2 Å². The molecular weight excluding hydrogens is 376 g/mol. The summed E-state index contributed by atoms with van der Waals surface area (Å²) in [4.78, 5) is 17.5. The number of esters is 1. The number of aromatic nitrogens is 3. The van der Waals surface area contributed by atoms with Crippen LogP contribution in [0.3, 0.4) is 0 Å². The van der Waals surface area contributed by atoms with Crippen LogP contribution in [0.1, 0.15) is 62.4 Å². The number of hydrogen-bond donors (Lipinski definition) is 0. The first kappa shape index (κ1) is 20.0. The van der Waals surface area contributed by atoms with E-state index in [2.05, 4.69) is 39.0 Å². The Morgan fingerprint density at radius 3 is 2.47 bits per heavy atom. The minimum atomic E-state index is -0.508. The fourth-order valence-electron chi connectivity index (χ4n) is 3.71. The van der Waals surface area contributed by atoms with Gasteiger partial charge in [0.05, 0.1) is 11.4 Å². The lowest BCUT2D eigenvalue weighted by atomic mass is 10.0. The van der Waals surface area contributed by atoms with Crippen molar-refractivity contribution in [3.8, 4) is 5.69 Å². The van der Waals surface area contributed by atoms with E-state index in [1.54, 1.807) is 0 Å². The number of aryl methyl sites for hydroxylation is 1. The molecule has 0 saturated carbocycles. The molecule has 154 valence electrons. The van der Waals surface area contributed by atoms with Gasteiger partial charge in [0.15, 0.2) is 5.82 Å². The van der Waals surface area contributed by atoms with Gasteiger partial charge in [0, 0.05) is 17.5 Å². The number of hydrogen-bond acceptors (Lipinski definition) is 5. The van der Waals surface area contributed by atoms with Gasteiger partial charge in [-0.15, -0.1) is 10.2 Å². The second kappa shape index (κ2) is 7.86. The first-order valence-corrected chi connectivity index (χ1v) is 10.2. The van der Waals surface area contributed by atoms with Gasteiger partial charge in [0.25, 0.3) is 0 Å². The summed E-state index contributed by atoms with van der Waals surface area (Å²) in [5, 5.41) is 8.73. The van der Waals surface area contributed by atoms with Gasteiger partial charge in [-0.1, -0.05) is 48.5 Å². The third-order valence-electron chi connectivity index (χ3n) is 4.92. The molecule has 1 aromatic heterocycles. The fourth-order valence-corrected chi connectivity index (χ4v) is 3.71. The molecule has 0 unspecified atom stereocenters. The van der Waals surface area contributed by atoms with Gasteiger partial charge in [0.2, 0.25) is 0 Å². The van der Waals surface area contributed by atoms with E-state index >= 15 is 0 Å². The van der Waals surface area contributed by atoms with Crippen LogP contribution in [-0.4, -0.2) is 32.0 Å². The lowest BCUT2D eigenvalue weighted by Gasteiger charge is -2.20. The van der Waals surface area contributed by atoms with E-state index in [0.29, 0.717) is 6.42 Å². The molecule has 0 aliphatic carbocycles. The largest absolute Gasteiger partial charge is 0.460 e. The van der Waals surface area contributed by atoms with Gasteiger partial charge in [0.1, 0.15) is 17.5 Å². The van der Waals surface area contributed by atoms with Crippen molar-refractivity contribution in [3.63, 3.8) is 0 Å². The highest BCUT2D eigenvalue weighted by Crippen LogP contribution is 2.33. The van der Waals surface area contributed by atoms with E-state index in [1.165, 1.54) is 0 Å². The van der Waals surface area contributed by atoms with Crippen molar-refractivity contribution in [1.82, 2.24) is 14.8 Å². The van der Waals surface area contributed by atoms with Crippen molar-refractivity contribution in [2.75, 3.05) is 0 Å². The molecule has 3 aromatic rings. The van der Waals surface area contributed by atoms with Crippen LogP contribution in [-0.2, 0) is 9.53 Å². The SMILES string of the molecule is Cc1nnc2n1-c1ccccc1C(c1ccccc1)=N[C@H]2CCC(=O)OC(C)(C)C. The zero-order valence-electron chi connectivity index (χ0n) is 17.8. The quantitative estimate of drug-likeness (QED) is 0.599. The normalized spacial score (nSPS) is 15.6. The molecule has 1 aliphatic rings. The summed E-state index contributed by atoms with van der Waals surface area (Å²) in [7, 11) is 0. The van der Waals surface area contributed by atoms with Crippen LogP contribution < -0.4 is 0 Å². The summed E-state index contributed by atoms with van der Waals surface area (Å²) < 4.78 is 7.55. The van der Waals surface area contributed by atoms with E-state index in [4.69, 9.17) is 9.73 Å². The van der Waals surface area contributed by atoms with Crippen LogP contribution in [0.4, 0.5) is 0 Å². The average Bonchev–Trinajstić information content (AvgIpc) is 3.02. The number of para-hydroxylation sites is 1. The van der Waals surface area contributed by atoms with Crippen molar-refractivity contribution in [1.29, 1.82) is 0 Å². The molecule has 0 fully saturated rings. The third kappa shape index (κ3) is 4.03. The Hall–Kier alpha value is -3.28. The summed E-state index contributed by atoms with van der Waals surface area (Å²) >= 11 is 0. The van der Waals surface area contributed by atoms with Crippen LogP contribution in [0.25, 0.3) is 5.69 Å². The lowest BCUT2D eigenvalue weighted by molar-refractivity contribution is -0.155. The second-order valence-corrected chi connectivity index (χ2v) is 8.44. The first-order chi connectivity index (χ1) is 14.3. The van der Waals surface area contributed by atoms with Crippen molar-refractivity contribution >= 4 is 11.7 Å². The second-order valence-electron chi connectivity index (χ2n) is 8.44. The zero-order valence-corrected chi connectivity index (χ0v) is 17.8. The van der Waals surface area contributed by atoms with Crippen LogP contribution in [0.5, 0.6) is 0 Å². The van der Waals surface area contributed by atoms with Crippen molar-refractivity contribution < 1.29 is 9.53 Å². The van der Waals surface area contributed by atoms with Gasteiger partial charge in [-0.2, -0.15) is 0 Å². The molecule has 2 heterocycles. The monoisotopic (exact) mass is 402 g/mol. The fraction of sp³-hybridized carbons (Fsp3) is 0.333. The zero-order chi connectivity index (χ0) is 21.3. The summed E-state index contributed by atoms with van der Waals surface area (Å²) in [6.07, 6.45) is 0.757. The number of ether oxygens (including phenoxy) is 1. The van der Waals surface area contributed by atoms with Crippen LogP contribution in [0.15, 0.2) is 59.6 Å². The van der Waals surface area contributed by atoms with Crippen LogP contribution >= 0.6 is 0 Å². The molecule has 1 atom stereocenters. The van der Waals surface area contributed by atoms with Crippen molar-refractivity contribution in [3.05, 3.63) is 77.4 Å². The van der Waals surface area contributed by atoms with E-state index in [1.807, 2.05) is 58.0 Å². The summed E-state index contributed by atoms with van der Waals surface area (Å²) in [6.45, 7) is 7.56. The molecule has 0 spiro atoms. The van der Waals surface area contributed by atoms with Gasteiger partial charge in [-0.3, -0.25) is 14.4 Å². The highest BCUT2D eigenvalue weighted by atomic mass is 16.6. The standard InChI is InChI=1S/C24H26N4O2/c1-16-26-27-23-19(14-15-21(29)30-24(2,3)4)25-22(17-10-6-5-7-11-17)18-12-8-9-13-20(18)28(16)23/h5-13,19H,14-15H2,1-4H3/t19-/m0/s1. The number of fused-ring (bicyclic) bond motifs is 3. The Labute approximate surface area is 176 Å². The maximum atomic E-state index is 12.4. The average molecular weight is 402 g/mol. The van der Waals surface area contributed by atoms with Gasteiger partial charge in [-0.05, 0) is 40.2 Å². The summed E-state index contributed by atoms with van der Waals surface area (Å²) in [5.74, 6) is 1.31. The molecule has 6 heteroatoms. The number of benzene rings is 2. The molecule has 0 amide bonds. The topological polar surface area (TPSA) is 69.4 Å². The number of aliphatic imine (C=N–C) groups is 1. The molecule has 0 saturated heterocycles. The Bertz CT molecular complexity index is 1090. The van der Waals surface area contributed by atoms with Crippen molar-refractivity contribution in [2.24, 2.45) is 4.99 Å². The Morgan fingerprint density at radius 2 is 1.73 bits per heavy atom. The van der Waals surface area contributed by atoms with Crippen LogP contribution in [0, 0.1) is 6.92 Å². The number of rotatable bonds is 4. The maximum absolute atomic E-state index is 12.4. The minimum absolute atomic E-state index is 0.233. The number of carbonyl (C=O) groups excluding carboxylic acids is 1. The van der Waals surface area contributed by atoms with Gasteiger partial charge < -0.3 is 4.74 Å². The Morgan fingerprint density at radius 1 is 1.03 bits per heavy atom. The molecule has 0 bridgehead atoms. The van der Waals surface area contributed by atoms with E-state index in [9.17, 15) is 4.79 Å². The van der Waals surface area contributed by atoms with E-state index < -0.39 is 5.60 Å². The Kier molecular flexibility index (Phi) is 5.24. The highest BCUT2D eigenvalue weighted by molar-refractivity contribution is 6.15. The maximum Gasteiger partial charge on any atom is 0.306 e. The third-order valence-corrected chi connectivity index (χ3v) is 4.92. The molecule has 1 aliphatic heterocycles. The smallest absolute Gasteiger partial charge is 0.306 e. The van der Waals surface area contributed by atoms with Crippen LogP contribution in [0.2, 0.25) is 0 Å². The predicted molar refractivity (Wildman–Crippen MR) is 116 cm³/mol. The predicted octanol–water partition coefficient (Wildman–Crippen LogP) is 4.59. The molecule has 2 aromatic carbocycles. The first-order valence-electron chi connectivity index (χ1n) is 10.2. The molecule has 0 N–H and O–H groups in total. The minimum Gasteiger partial charge on any atom is -0.460 e. The molecule has 4 rings (SSSR count). The summed E-state index contributed by atoms with van der Waals surface area (Å²) in [5.41, 5.74) is 3.44. The van der Waals surface area contributed by atoms with Gasteiger partial charge >= 0.3 is 5.97 Å². The molecule has 30 heavy (non-hydrogen) atoms. The highest BCUT2D eigenvalue weighted by Gasteiger charge is 2.28. The van der Waals surface area contributed by atoms with E-state index in [-0.39, 0.29) is 18.4 Å². The van der Waals surface area contributed by atoms with E-state index in [0.717, 1.165) is 34.2 Å². The molecular formula is C24H26N4O2. The molecule has 0 radical (unpaired) electrons. The lowest BCUT2D eigenvalue weighted by Crippen LogP contribution is -2.24. The number of nitrogens with zero attached hydrogens (tertiary/aromatic N) is 4. The van der Waals surface area contributed by atoms with Gasteiger partial charge in [-0.25, -0.2) is 0 Å². The molecule has 6 nitrogen and oxygen atoms in total. The summed E-state index contributed by atoms with van der Waals surface area (Å²) in [6, 6.07) is 18.0. The number of carbonyl (C=O) groups is 1. The Balaban J connectivity index is 1.78.